The standard InChI is InChI=1S/C12H23NO2/c1-9(2)7-8-13-10(3)5-4-6-11(13)12(14)15/h9-11H,4-8H2,1-3H3,(H,14,15). The second kappa shape index (κ2) is 5.50. The van der Waals surface area contributed by atoms with Crippen LogP contribution in [0.1, 0.15) is 46.5 Å². The monoisotopic (exact) mass is 213 g/mol. The van der Waals surface area contributed by atoms with Gasteiger partial charge in [0.25, 0.3) is 0 Å². The van der Waals surface area contributed by atoms with Crippen molar-refractivity contribution in [3.8, 4) is 0 Å². The van der Waals surface area contributed by atoms with E-state index in [1.807, 2.05) is 0 Å². The number of aliphatic carboxylic acids is 1. The smallest absolute Gasteiger partial charge is 0.320 e. The highest BCUT2D eigenvalue weighted by Gasteiger charge is 2.32. The van der Waals surface area contributed by atoms with Crippen LogP contribution in [0.15, 0.2) is 0 Å². The number of nitrogens with zero attached hydrogens (tertiary/aromatic N) is 1. The van der Waals surface area contributed by atoms with Crippen molar-refractivity contribution < 1.29 is 9.90 Å². The average molecular weight is 213 g/mol. The number of carbonyl (C=O) groups is 1. The first-order chi connectivity index (χ1) is 7.02. The maximum atomic E-state index is 11.1. The third-order valence-corrected chi connectivity index (χ3v) is 3.32. The number of carboxylic acid groups (broad SMARTS) is 1. The first-order valence-corrected chi connectivity index (χ1v) is 6.01. The molecule has 0 aromatic carbocycles. The number of piperidine rings is 1. The molecule has 1 aliphatic rings. The Hall–Kier alpha value is -0.570. The zero-order valence-corrected chi connectivity index (χ0v) is 10.1. The molecule has 0 saturated carbocycles. The van der Waals surface area contributed by atoms with Crippen molar-refractivity contribution >= 4 is 5.97 Å². The highest BCUT2D eigenvalue weighted by Crippen LogP contribution is 2.23. The van der Waals surface area contributed by atoms with Crippen molar-refractivity contribution in [2.45, 2.75) is 58.5 Å². The minimum atomic E-state index is -0.648. The first-order valence-electron chi connectivity index (χ1n) is 6.01. The van der Waals surface area contributed by atoms with Crippen LogP contribution in [0.2, 0.25) is 0 Å². The Morgan fingerprint density at radius 3 is 2.67 bits per heavy atom. The van der Waals surface area contributed by atoms with E-state index in [-0.39, 0.29) is 6.04 Å². The summed E-state index contributed by atoms with van der Waals surface area (Å²) < 4.78 is 0. The molecule has 2 atom stereocenters. The van der Waals surface area contributed by atoms with Crippen LogP contribution in [-0.2, 0) is 4.79 Å². The van der Waals surface area contributed by atoms with Crippen LogP contribution in [0.5, 0.6) is 0 Å². The molecule has 1 N–H and O–H groups in total. The van der Waals surface area contributed by atoms with E-state index in [0.717, 1.165) is 32.2 Å². The molecule has 0 bridgehead atoms. The van der Waals surface area contributed by atoms with E-state index in [1.165, 1.54) is 0 Å². The van der Waals surface area contributed by atoms with Gasteiger partial charge in [-0.2, -0.15) is 0 Å². The lowest BCUT2D eigenvalue weighted by molar-refractivity contribution is -0.146. The molecule has 0 aromatic rings. The van der Waals surface area contributed by atoms with E-state index in [9.17, 15) is 4.79 Å². The van der Waals surface area contributed by atoms with Gasteiger partial charge in [0.2, 0.25) is 0 Å². The SMILES string of the molecule is CC(C)CCN1C(C)CCCC1C(=O)O. The van der Waals surface area contributed by atoms with Crippen LogP contribution >= 0.6 is 0 Å². The van der Waals surface area contributed by atoms with Crippen molar-refractivity contribution in [2.24, 2.45) is 5.92 Å². The van der Waals surface area contributed by atoms with Gasteiger partial charge < -0.3 is 5.11 Å². The van der Waals surface area contributed by atoms with E-state index in [1.54, 1.807) is 0 Å². The van der Waals surface area contributed by atoms with Crippen LogP contribution < -0.4 is 0 Å². The molecular formula is C12H23NO2. The normalized spacial score (nSPS) is 28.3. The van der Waals surface area contributed by atoms with Crippen LogP contribution in [0.4, 0.5) is 0 Å². The maximum absolute atomic E-state index is 11.1. The van der Waals surface area contributed by atoms with Gasteiger partial charge in [0.05, 0.1) is 0 Å². The molecule has 88 valence electrons. The van der Waals surface area contributed by atoms with Gasteiger partial charge in [0.1, 0.15) is 6.04 Å². The lowest BCUT2D eigenvalue weighted by atomic mass is 9.95. The third kappa shape index (κ3) is 3.49. The van der Waals surface area contributed by atoms with Crippen LogP contribution in [-0.4, -0.2) is 34.6 Å². The molecular weight excluding hydrogens is 190 g/mol. The van der Waals surface area contributed by atoms with Crippen LogP contribution in [0.3, 0.4) is 0 Å². The third-order valence-electron chi connectivity index (χ3n) is 3.32. The Morgan fingerprint density at radius 1 is 1.47 bits per heavy atom. The molecule has 1 aliphatic heterocycles. The van der Waals surface area contributed by atoms with Crippen LogP contribution in [0, 0.1) is 5.92 Å². The molecule has 0 aromatic heterocycles. The van der Waals surface area contributed by atoms with Gasteiger partial charge in [0, 0.05) is 6.04 Å². The Balaban J connectivity index is 2.56. The van der Waals surface area contributed by atoms with Crippen molar-refractivity contribution in [3.63, 3.8) is 0 Å². The Morgan fingerprint density at radius 2 is 2.13 bits per heavy atom. The topological polar surface area (TPSA) is 40.5 Å². The van der Waals surface area contributed by atoms with E-state index in [4.69, 9.17) is 5.11 Å². The second-order valence-corrected chi connectivity index (χ2v) is 5.05. The molecule has 1 fully saturated rings. The predicted octanol–water partition coefficient (Wildman–Crippen LogP) is 2.36. The number of carboxylic acids is 1. The maximum Gasteiger partial charge on any atom is 0.320 e. The van der Waals surface area contributed by atoms with E-state index >= 15 is 0 Å². The molecule has 0 aliphatic carbocycles. The van der Waals surface area contributed by atoms with Crippen molar-refractivity contribution in [3.05, 3.63) is 0 Å². The van der Waals surface area contributed by atoms with Gasteiger partial charge in [0.15, 0.2) is 0 Å². The van der Waals surface area contributed by atoms with E-state index in [2.05, 4.69) is 25.7 Å². The van der Waals surface area contributed by atoms with Gasteiger partial charge in [-0.05, 0) is 45.1 Å². The summed E-state index contributed by atoms with van der Waals surface area (Å²) in [5.74, 6) is -0.00104. The summed E-state index contributed by atoms with van der Waals surface area (Å²) in [6.07, 6.45) is 4.10. The average Bonchev–Trinajstić information content (AvgIpc) is 2.15. The predicted molar refractivity (Wildman–Crippen MR) is 60.9 cm³/mol. The fraction of sp³-hybridized carbons (Fsp3) is 0.917. The fourth-order valence-corrected chi connectivity index (χ4v) is 2.29. The molecule has 1 rings (SSSR count). The van der Waals surface area contributed by atoms with Crippen molar-refractivity contribution in [1.82, 2.24) is 4.90 Å². The van der Waals surface area contributed by atoms with Crippen molar-refractivity contribution in [2.75, 3.05) is 6.54 Å². The molecule has 3 nitrogen and oxygen atoms in total. The summed E-state index contributed by atoms with van der Waals surface area (Å²) in [5.41, 5.74) is 0. The second-order valence-electron chi connectivity index (χ2n) is 5.05. The number of likely N-dealkylation sites (tertiary alicyclic amines) is 1. The number of hydrogen-bond acceptors (Lipinski definition) is 2. The highest BCUT2D eigenvalue weighted by atomic mass is 16.4. The minimum Gasteiger partial charge on any atom is -0.480 e. The minimum absolute atomic E-state index is 0.243. The summed E-state index contributed by atoms with van der Waals surface area (Å²) in [4.78, 5) is 13.3. The van der Waals surface area contributed by atoms with Gasteiger partial charge in [-0.25, -0.2) is 0 Å². The van der Waals surface area contributed by atoms with Gasteiger partial charge in [-0.15, -0.1) is 0 Å². The molecule has 0 radical (unpaired) electrons. The summed E-state index contributed by atoms with van der Waals surface area (Å²) in [6, 6.07) is 0.186. The quantitative estimate of drug-likeness (QED) is 0.779. The summed E-state index contributed by atoms with van der Waals surface area (Å²) in [5, 5.41) is 9.15. The summed E-state index contributed by atoms with van der Waals surface area (Å²) in [6.45, 7) is 7.44. The van der Waals surface area contributed by atoms with Crippen LogP contribution in [0.25, 0.3) is 0 Å². The Bertz CT molecular complexity index is 216. The number of rotatable bonds is 4. The summed E-state index contributed by atoms with van der Waals surface area (Å²) in [7, 11) is 0. The molecule has 2 unspecified atom stereocenters. The van der Waals surface area contributed by atoms with Gasteiger partial charge in [-0.1, -0.05) is 13.8 Å². The summed E-state index contributed by atoms with van der Waals surface area (Å²) >= 11 is 0. The largest absolute Gasteiger partial charge is 0.480 e. The molecule has 15 heavy (non-hydrogen) atoms. The molecule has 3 heteroatoms. The number of hydrogen-bond donors (Lipinski definition) is 1. The van der Waals surface area contributed by atoms with Gasteiger partial charge >= 0.3 is 5.97 Å². The Kier molecular flexibility index (Phi) is 4.58. The molecule has 0 amide bonds. The Labute approximate surface area is 92.5 Å². The molecule has 1 heterocycles. The molecule has 0 spiro atoms. The fourth-order valence-electron chi connectivity index (χ4n) is 2.29. The highest BCUT2D eigenvalue weighted by molar-refractivity contribution is 5.73. The van der Waals surface area contributed by atoms with E-state index in [0.29, 0.717) is 12.0 Å². The molecule has 1 saturated heterocycles. The lowest BCUT2D eigenvalue weighted by Crippen LogP contribution is -2.49. The first kappa shape index (κ1) is 12.5. The zero-order valence-electron chi connectivity index (χ0n) is 10.1. The lowest BCUT2D eigenvalue weighted by Gasteiger charge is -2.38. The van der Waals surface area contributed by atoms with Crippen molar-refractivity contribution in [1.29, 1.82) is 0 Å². The van der Waals surface area contributed by atoms with E-state index < -0.39 is 5.97 Å². The zero-order chi connectivity index (χ0) is 11.4. The van der Waals surface area contributed by atoms with Gasteiger partial charge in [-0.3, -0.25) is 9.69 Å².